The maximum absolute atomic E-state index is 13.3. The zero-order chi connectivity index (χ0) is 24.1. The Morgan fingerprint density at radius 1 is 1.00 bits per heavy atom. The van der Waals surface area contributed by atoms with Crippen LogP contribution in [0, 0.1) is 0 Å². The lowest BCUT2D eigenvalue weighted by atomic mass is 10.1. The van der Waals surface area contributed by atoms with Gasteiger partial charge in [-0.25, -0.2) is 0 Å². The molecular weight excluding hydrogens is 428 g/mol. The standard InChI is InChI=1S/C27H30N4O3/c1-19(34-18-20-11-5-3-6-12-20)25(28)26(32)29-22-17-31(21-13-7-4-8-14-21)24-16-10-9-15-23(24)30(2)27(22)33/h3-16,19,22,25H,17-18,28H2,1-2H3,(H,29,32)/t19-,22?,25+/m1/s1. The molecule has 0 saturated heterocycles. The predicted molar refractivity (Wildman–Crippen MR) is 134 cm³/mol. The van der Waals surface area contributed by atoms with Gasteiger partial charge in [-0.15, -0.1) is 0 Å². The lowest BCUT2D eigenvalue weighted by Crippen LogP contribution is -2.57. The second kappa shape index (κ2) is 10.5. The molecule has 1 aliphatic rings. The molecule has 0 spiro atoms. The first-order valence-electron chi connectivity index (χ1n) is 11.4. The normalized spacial score (nSPS) is 17.5. The first kappa shape index (κ1) is 23.5. The molecule has 0 saturated carbocycles. The van der Waals surface area contributed by atoms with Crippen LogP contribution in [0.25, 0.3) is 0 Å². The number of nitrogens with two attached hydrogens (primary N) is 1. The van der Waals surface area contributed by atoms with Crippen molar-refractivity contribution in [3.8, 4) is 0 Å². The molecule has 0 aliphatic carbocycles. The Labute approximate surface area is 200 Å². The fourth-order valence-electron chi connectivity index (χ4n) is 4.03. The third kappa shape index (κ3) is 5.11. The second-order valence-corrected chi connectivity index (χ2v) is 8.42. The number of hydrogen-bond acceptors (Lipinski definition) is 5. The Bertz CT molecular complexity index is 1120. The Kier molecular flexibility index (Phi) is 7.25. The van der Waals surface area contributed by atoms with Crippen molar-refractivity contribution >= 4 is 28.9 Å². The Morgan fingerprint density at radius 3 is 2.26 bits per heavy atom. The molecule has 34 heavy (non-hydrogen) atoms. The van der Waals surface area contributed by atoms with Gasteiger partial charge in [0.25, 0.3) is 5.91 Å². The third-order valence-electron chi connectivity index (χ3n) is 6.08. The van der Waals surface area contributed by atoms with Crippen LogP contribution in [0.15, 0.2) is 84.9 Å². The zero-order valence-electron chi connectivity index (χ0n) is 19.4. The van der Waals surface area contributed by atoms with Gasteiger partial charge in [-0.2, -0.15) is 0 Å². The molecule has 3 aromatic rings. The fourth-order valence-corrected chi connectivity index (χ4v) is 4.03. The summed E-state index contributed by atoms with van der Waals surface area (Å²) in [5.41, 5.74) is 9.81. The predicted octanol–water partition coefficient (Wildman–Crippen LogP) is 3.22. The molecule has 2 amide bonds. The van der Waals surface area contributed by atoms with Crippen LogP contribution in [0.5, 0.6) is 0 Å². The van der Waals surface area contributed by atoms with Crippen molar-refractivity contribution in [1.29, 1.82) is 0 Å². The summed E-state index contributed by atoms with van der Waals surface area (Å²) in [6.07, 6.45) is -0.527. The summed E-state index contributed by atoms with van der Waals surface area (Å²) in [6.45, 7) is 2.40. The number of ether oxygens (including phenoxy) is 1. The maximum Gasteiger partial charge on any atom is 0.251 e. The highest BCUT2D eigenvalue weighted by Gasteiger charge is 2.35. The van der Waals surface area contributed by atoms with Gasteiger partial charge in [0, 0.05) is 12.7 Å². The van der Waals surface area contributed by atoms with E-state index in [1.807, 2.05) is 89.8 Å². The van der Waals surface area contributed by atoms with Gasteiger partial charge in [0.1, 0.15) is 12.1 Å². The monoisotopic (exact) mass is 458 g/mol. The quantitative estimate of drug-likeness (QED) is 0.568. The van der Waals surface area contributed by atoms with E-state index >= 15 is 0 Å². The molecule has 4 rings (SSSR count). The van der Waals surface area contributed by atoms with E-state index in [9.17, 15) is 9.59 Å². The molecule has 3 atom stereocenters. The lowest BCUT2D eigenvalue weighted by Gasteiger charge is -2.28. The van der Waals surface area contributed by atoms with Crippen LogP contribution < -0.4 is 20.9 Å². The van der Waals surface area contributed by atoms with E-state index in [4.69, 9.17) is 10.5 Å². The Morgan fingerprint density at radius 2 is 1.59 bits per heavy atom. The molecule has 176 valence electrons. The molecule has 1 aliphatic heterocycles. The van der Waals surface area contributed by atoms with Gasteiger partial charge in [0.2, 0.25) is 5.91 Å². The molecule has 7 nitrogen and oxygen atoms in total. The van der Waals surface area contributed by atoms with E-state index in [-0.39, 0.29) is 12.5 Å². The van der Waals surface area contributed by atoms with Crippen molar-refractivity contribution in [3.05, 3.63) is 90.5 Å². The average Bonchev–Trinajstić information content (AvgIpc) is 2.98. The summed E-state index contributed by atoms with van der Waals surface area (Å²) in [4.78, 5) is 30.0. The summed E-state index contributed by atoms with van der Waals surface area (Å²) < 4.78 is 5.82. The number of carbonyl (C=O) groups excluding carboxylic acids is 2. The van der Waals surface area contributed by atoms with Crippen molar-refractivity contribution in [2.75, 3.05) is 23.4 Å². The molecule has 1 unspecified atom stereocenters. The number of benzene rings is 3. The van der Waals surface area contributed by atoms with Gasteiger partial charge in [-0.05, 0) is 36.8 Å². The first-order chi connectivity index (χ1) is 16.5. The Hall–Kier alpha value is -3.68. The molecular formula is C27H30N4O3. The van der Waals surface area contributed by atoms with Gasteiger partial charge < -0.3 is 25.6 Å². The highest BCUT2D eigenvalue weighted by molar-refractivity contribution is 6.04. The van der Waals surface area contributed by atoms with Crippen molar-refractivity contribution < 1.29 is 14.3 Å². The lowest BCUT2D eigenvalue weighted by molar-refractivity contribution is -0.130. The summed E-state index contributed by atoms with van der Waals surface area (Å²) in [5.74, 6) is -0.629. The van der Waals surface area contributed by atoms with Crippen molar-refractivity contribution in [1.82, 2.24) is 5.32 Å². The molecule has 1 heterocycles. The van der Waals surface area contributed by atoms with Gasteiger partial charge in [0.15, 0.2) is 0 Å². The molecule has 3 N–H and O–H groups in total. The van der Waals surface area contributed by atoms with Crippen LogP contribution in [0.1, 0.15) is 12.5 Å². The van der Waals surface area contributed by atoms with E-state index in [0.29, 0.717) is 6.61 Å². The summed E-state index contributed by atoms with van der Waals surface area (Å²) in [5, 5.41) is 2.88. The van der Waals surface area contributed by atoms with E-state index < -0.39 is 24.1 Å². The number of nitrogens with zero attached hydrogens (tertiary/aromatic N) is 2. The van der Waals surface area contributed by atoms with Crippen LogP contribution in [0.4, 0.5) is 17.1 Å². The number of carbonyl (C=O) groups is 2. The summed E-state index contributed by atoms with van der Waals surface area (Å²) >= 11 is 0. The largest absolute Gasteiger partial charge is 0.372 e. The number of fused-ring (bicyclic) bond motifs is 1. The number of para-hydroxylation sites is 3. The first-order valence-corrected chi connectivity index (χ1v) is 11.4. The van der Waals surface area contributed by atoms with Gasteiger partial charge in [-0.3, -0.25) is 9.59 Å². The number of likely N-dealkylation sites (N-methyl/N-ethyl adjacent to an activating group) is 1. The van der Waals surface area contributed by atoms with Crippen molar-refractivity contribution in [2.45, 2.75) is 31.7 Å². The van der Waals surface area contributed by atoms with Crippen LogP contribution in [-0.2, 0) is 20.9 Å². The minimum atomic E-state index is -0.919. The fraction of sp³-hybridized carbons (Fsp3) is 0.259. The molecule has 7 heteroatoms. The Balaban J connectivity index is 1.50. The number of anilines is 3. The van der Waals surface area contributed by atoms with Crippen molar-refractivity contribution in [3.63, 3.8) is 0 Å². The SMILES string of the molecule is C[C@@H](OCc1ccccc1)[C@H](N)C(=O)NC1CN(c2ccccc2)c2ccccc2N(C)C1=O. The molecule has 0 bridgehead atoms. The molecule has 0 fully saturated rings. The van der Waals surface area contributed by atoms with Crippen LogP contribution in [0.2, 0.25) is 0 Å². The van der Waals surface area contributed by atoms with Gasteiger partial charge in [-0.1, -0.05) is 60.7 Å². The topological polar surface area (TPSA) is 87.9 Å². The van der Waals surface area contributed by atoms with E-state index in [2.05, 4.69) is 5.32 Å². The van der Waals surface area contributed by atoms with Crippen LogP contribution in [0.3, 0.4) is 0 Å². The molecule has 0 radical (unpaired) electrons. The smallest absolute Gasteiger partial charge is 0.251 e. The maximum atomic E-state index is 13.3. The number of rotatable bonds is 7. The highest BCUT2D eigenvalue weighted by atomic mass is 16.5. The van der Waals surface area contributed by atoms with E-state index in [1.165, 1.54) is 0 Å². The van der Waals surface area contributed by atoms with Crippen LogP contribution >= 0.6 is 0 Å². The van der Waals surface area contributed by atoms with Gasteiger partial charge in [0.05, 0.1) is 30.6 Å². The minimum Gasteiger partial charge on any atom is -0.372 e. The van der Waals surface area contributed by atoms with E-state index in [1.54, 1.807) is 18.9 Å². The highest BCUT2D eigenvalue weighted by Crippen LogP contribution is 2.36. The minimum absolute atomic E-state index is 0.204. The number of nitrogens with one attached hydrogen (secondary N) is 1. The van der Waals surface area contributed by atoms with Crippen molar-refractivity contribution in [2.24, 2.45) is 5.73 Å². The van der Waals surface area contributed by atoms with Gasteiger partial charge >= 0.3 is 0 Å². The average molecular weight is 459 g/mol. The number of hydrogen-bond donors (Lipinski definition) is 2. The third-order valence-corrected chi connectivity index (χ3v) is 6.08. The second-order valence-electron chi connectivity index (χ2n) is 8.42. The number of amides is 2. The molecule has 3 aromatic carbocycles. The molecule has 0 aromatic heterocycles. The van der Waals surface area contributed by atoms with E-state index in [0.717, 1.165) is 22.6 Å². The zero-order valence-corrected chi connectivity index (χ0v) is 19.4. The summed E-state index contributed by atoms with van der Waals surface area (Å²) in [7, 11) is 1.72. The summed E-state index contributed by atoms with van der Waals surface area (Å²) in [6, 6.07) is 25.5. The van der Waals surface area contributed by atoms with Crippen LogP contribution in [-0.4, -0.2) is 43.6 Å².